The summed E-state index contributed by atoms with van der Waals surface area (Å²) in [4.78, 5) is 18.6. The average molecular weight is 540 g/mol. The second-order valence-corrected chi connectivity index (χ2v) is 11.4. The molecule has 6 rings (SSSR count). The van der Waals surface area contributed by atoms with Crippen molar-refractivity contribution in [2.24, 2.45) is 11.8 Å². The molecule has 4 heterocycles. The van der Waals surface area contributed by atoms with Crippen LogP contribution in [0.2, 0.25) is 0 Å². The number of alkyl halides is 2. The van der Waals surface area contributed by atoms with Gasteiger partial charge >= 0.3 is 0 Å². The minimum atomic E-state index is -2.73. The molecule has 0 atom stereocenters. The number of anilines is 2. The van der Waals surface area contributed by atoms with Gasteiger partial charge in [0.2, 0.25) is 5.95 Å². The van der Waals surface area contributed by atoms with Crippen LogP contribution in [0.3, 0.4) is 0 Å². The van der Waals surface area contributed by atoms with Gasteiger partial charge in [0.25, 0.3) is 6.43 Å². The molecule has 0 unspecified atom stereocenters. The van der Waals surface area contributed by atoms with Gasteiger partial charge in [0.1, 0.15) is 11.6 Å². The number of nitrogens with one attached hydrogen (secondary N) is 1. The van der Waals surface area contributed by atoms with E-state index in [0.717, 1.165) is 12.5 Å². The lowest BCUT2D eigenvalue weighted by Gasteiger charge is -2.40. The molecule has 1 aliphatic carbocycles. The van der Waals surface area contributed by atoms with Crippen molar-refractivity contribution in [2.75, 3.05) is 56.2 Å². The Hall–Kier alpha value is -2.85. The summed E-state index contributed by atoms with van der Waals surface area (Å²) in [6.45, 7) is 8.23. The molecule has 0 spiro atoms. The number of aromatic nitrogens is 4. The van der Waals surface area contributed by atoms with Gasteiger partial charge in [-0.25, -0.2) is 13.8 Å². The van der Waals surface area contributed by atoms with Gasteiger partial charge in [-0.15, -0.1) is 0 Å². The molecule has 2 saturated heterocycles. The molecule has 1 saturated carbocycles. The second kappa shape index (κ2) is 11.7. The number of hydrogen-bond donors (Lipinski definition) is 1. The molecular weight excluding hydrogens is 500 g/mol. The predicted octanol–water partition coefficient (Wildman–Crippen LogP) is 5.29. The first-order valence-corrected chi connectivity index (χ1v) is 14.5. The number of morpholine rings is 1. The number of nitrogens with zero attached hydrogens (tertiary/aromatic N) is 6. The average Bonchev–Trinajstić information content (AvgIpc) is 3.37. The van der Waals surface area contributed by atoms with E-state index in [1.54, 1.807) is 18.2 Å². The lowest BCUT2D eigenvalue weighted by Crippen LogP contribution is -2.43. The summed E-state index contributed by atoms with van der Waals surface area (Å²) in [5, 5.41) is 3.48. The SMILES string of the molecule is CC1CCN(C2CCC(CNc3nc(N4CCOCC4)cc(-n4c(C(F)F)nc5ccccc54)n3)CC2)CC1. The Balaban J connectivity index is 1.21. The molecular formula is C29H39F2N7O. The standard InChI is InChI=1S/C29H39F2N7O/c1-20-10-12-36(13-11-20)22-8-6-21(7-9-22)19-32-29-34-25(37-14-16-39-17-15-37)18-26(35-29)38-24-5-3-2-4-23(24)33-28(38)27(30)31/h2-5,18,20-22,27H,6-17,19H2,1H3,(H,32,34,35). The maximum atomic E-state index is 14.1. The van der Waals surface area contributed by atoms with Crippen molar-refractivity contribution in [1.82, 2.24) is 24.4 Å². The molecule has 0 radical (unpaired) electrons. The van der Waals surface area contributed by atoms with E-state index in [2.05, 4.69) is 27.0 Å². The number of piperidine rings is 1. The molecule has 2 aliphatic heterocycles. The van der Waals surface area contributed by atoms with Crippen LogP contribution in [0, 0.1) is 11.8 Å². The van der Waals surface area contributed by atoms with Crippen LogP contribution in [-0.2, 0) is 4.74 Å². The van der Waals surface area contributed by atoms with Crippen molar-refractivity contribution < 1.29 is 13.5 Å². The minimum absolute atomic E-state index is 0.306. The number of imidazole rings is 1. The zero-order valence-electron chi connectivity index (χ0n) is 22.7. The maximum Gasteiger partial charge on any atom is 0.296 e. The van der Waals surface area contributed by atoms with Gasteiger partial charge in [-0.2, -0.15) is 9.97 Å². The van der Waals surface area contributed by atoms with E-state index in [1.165, 1.54) is 56.2 Å². The molecule has 8 nitrogen and oxygen atoms in total. The van der Waals surface area contributed by atoms with Crippen molar-refractivity contribution >= 4 is 22.8 Å². The normalized spacial score (nSPS) is 23.5. The van der Waals surface area contributed by atoms with Crippen molar-refractivity contribution in [3.63, 3.8) is 0 Å². The predicted molar refractivity (Wildman–Crippen MR) is 149 cm³/mol. The zero-order chi connectivity index (χ0) is 26.8. The zero-order valence-corrected chi connectivity index (χ0v) is 22.7. The van der Waals surface area contributed by atoms with Gasteiger partial charge < -0.3 is 19.9 Å². The molecule has 1 aromatic carbocycles. The van der Waals surface area contributed by atoms with Crippen molar-refractivity contribution in [1.29, 1.82) is 0 Å². The first-order valence-electron chi connectivity index (χ1n) is 14.5. The summed E-state index contributed by atoms with van der Waals surface area (Å²) in [6.07, 6.45) is 4.75. The summed E-state index contributed by atoms with van der Waals surface area (Å²) in [5.41, 5.74) is 1.13. The van der Waals surface area contributed by atoms with Gasteiger partial charge in [-0.1, -0.05) is 19.1 Å². The van der Waals surface area contributed by atoms with Gasteiger partial charge in [-0.3, -0.25) is 4.57 Å². The molecule has 2 aromatic heterocycles. The molecule has 0 amide bonds. The highest BCUT2D eigenvalue weighted by Crippen LogP contribution is 2.32. The first kappa shape index (κ1) is 26.4. The van der Waals surface area contributed by atoms with E-state index in [-0.39, 0.29) is 5.82 Å². The summed E-state index contributed by atoms with van der Waals surface area (Å²) < 4.78 is 35.2. The summed E-state index contributed by atoms with van der Waals surface area (Å²) in [5.74, 6) is 2.69. The number of hydrogen-bond acceptors (Lipinski definition) is 7. The van der Waals surface area contributed by atoms with Gasteiger partial charge in [0.05, 0.1) is 24.2 Å². The van der Waals surface area contributed by atoms with E-state index in [9.17, 15) is 8.78 Å². The maximum absolute atomic E-state index is 14.1. The van der Waals surface area contributed by atoms with Crippen LogP contribution < -0.4 is 10.2 Å². The summed E-state index contributed by atoms with van der Waals surface area (Å²) >= 11 is 0. The highest BCUT2D eigenvalue weighted by molar-refractivity contribution is 5.78. The Morgan fingerprint density at radius 3 is 2.38 bits per heavy atom. The number of ether oxygens (including phenoxy) is 1. The van der Waals surface area contributed by atoms with Crippen LogP contribution in [0.15, 0.2) is 30.3 Å². The van der Waals surface area contributed by atoms with Gasteiger partial charge in [0, 0.05) is 31.7 Å². The van der Waals surface area contributed by atoms with E-state index in [0.29, 0.717) is 66.9 Å². The Morgan fingerprint density at radius 2 is 1.64 bits per heavy atom. The molecule has 3 fully saturated rings. The second-order valence-electron chi connectivity index (χ2n) is 11.4. The summed E-state index contributed by atoms with van der Waals surface area (Å²) in [7, 11) is 0. The van der Waals surface area contributed by atoms with E-state index >= 15 is 0 Å². The lowest BCUT2D eigenvalue weighted by atomic mass is 9.84. The third kappa shape index (κ3) is 5.87. The Bertz CT molecular complexity index is 1250. The van der Waals surface area contributed by atoms with Crippen LogP contribution >= 0.6 is 0 Å². The number of fused-ring (bicyclic) bond motifs is 1. The van der Waals surface area contributed by atoms with E-state index in [4.69, 9.17) is 14.7 Å². The van der Waals surface area contributed by atoms with Crippen LogP contribution in [-0.4, -0.2) is 76.4 Å². The van der Waals surface area contributed by atoms with Crippen LogP contribution in [0.5, 0.6) is 0 Å². The first-order chi connectivity index (χ1) is 19.0. The van der Waals surface area contributed by atoms with Crippen molar-refractivity contribution in [3.05, 3.63) is 36.2 Å². The molecule has 210 valence electrons. The Labute approximate surface area is 228 Å². The minimum Gasteiger partial charge on any atom is -0.378 e. The molecule has 1 N–H and O–H groups in total. The molecule has 10 heteroatoms. The highest BCUT2D eigenvalue weighted by Gasteiger charge is 2.28. The highest BCUT2D eigenvalue weighted by atomic mass is 19.3. The van der Waals surface area contributed by atoms with Gasteiger partial charge in [0.15, 0.2) is 5.82 Å². The third-order valence-electron chi connectivity index (χ3n) is 8.74. The molecule has 3 aliphatic rings. The van der Waals surface area contributed by atoms with Crippen LogP contribution in [0.25, 0.3) is 16.9 Å². The molecule has 0 bridgehead atoms. The number of halogens is 2. The monoisotopic (exact) mass is 539 g/mol. The number of benzene rings is 1. The summed E-state index contributed by atoms with van der Waals surface area (Å²) in [6, 6.07) is 9.70. The van der Waals surface area contributed by atoms with Crippen LogP contribution in [0.1, 0.15) is 57.7 Å². The Morgan fingerprint density at radius 1 is 0.923 bits per heavy atom. The topological polar surface area (TPSA) is 71.3 Å². The smallest absolute Gasteiger partial charge is 0.296 e. The molecule has 3 aromatic rings. The van der Waals surface area contributed by atoms with Crippen molar-refractivity contribution in [3.8, 4) is 5.82 Å². The fourth-order valence-corrected chi connectivity index (χ4v) is 6.35. The third-order valence-corrected chi connectivity index (χ3v) is 8.74. The van der Waals surface area contributed by atoms with E-state index < -0.39 is 6.43 Å². The van der Waals surface area contributed by atoms with Crippen LogP contribution in [0.4, 0.5) is 20.5 Å². The quantitative estimate of drug-likeness (QED) is 0.437. The number of para-hydroxylation sites is 2. The largest absolute Gasteiger partial charge is 0.378 e. The van der Waals surface area contributed by atoms with Crippen molar-refractivity contribution in [2.45, 2.75) is 57.9 Å². The fraction of sp³-hybridized carbons (Fsp3) is 0.621. The fourth-order valence-electron chi connectivity index (χ4n) is 6.35. The molecule has 39 heavy (non-hydrogen) atoms. The lowest BCUT2D eigenvalue weighted by molar-refractivity contribution is 0.0997. The Kier molecular flexibility index (Phi) is 7.92. The van der Waals surface area contributed by atoms with E-state index in [1.807, 2.05) is 12.1 Å². The van der Waals surface area contributed by atoms with Gasteiger partial charge in [-0.05, 0) is 75.6 Å². The number of likely N-dealkylation sites (tertiary alicyclic amines) is 1. The number of rotatable bonds is 7.